The summed E-state index contributed by atoms with van der Waals surface area (Å²) in [7, 11) is 1.53. The van der Waals surface area contributed by atoms with Crippen molar-refractivity contribution in [2.75, 3.05) is 20.5 Å². The summed E-state index contributed by atoms with van der Waals surface area (Å²) in [4.78, 5) is 26.4. The van der Waals surface area contributed by atoms with Crippen molar-refractivity contribution in [3.05, 3.63) is 71.8 Å². The molecule has 7 heteroatoms. The summed E-state index contributed by atoms with van der Waals surface area (Å²) >= 11 is 0. The third-order valence-electron chi connectivity index (χ3n) is 4.51. The monoisotopic (exact) mass is 384 g/mol. The van der Waals surface area contributed by atoms with Crippen LogP contribution in [0.5, 0.6) is 0 Å². The number of β-lactam (4-membered cyclic amide) rings is 1. The van der Waals surface area contributed by atoms with Gasteiger partial charge in [0.2, 0.25) is 5.91 Å². The molecule has 0 saturated carbocycles. The van der Waals surface area contributed by atoms with Gasteiger partial charge < -0.3 is 24.4 Å². The van der Waals surface area contributed by atoms with E-state index in [4.69, 9.17) is 14.2 Å². The molecule has 1 fully saturated rings. The molecule has 2 aromatic carbocycles. The van der Waals surface area contributed by atoms with Crippen molar-refractivity contribution in [1.29, 1.82) is 0 Å². The molecule has 2 atom stereocenters. The minimum Gasteiger partial charge on any atom is -0.445 e. The Labute approximate surface area is 164 Å². The SMILES string of the molecule is COCOC[C@H]1[C@@H](NC(=O)OCc2ccccc2)C(=O)N1Cc1ccccc1. The number of likely N-dealkylation sites (tertiary alicyclic amines) is 1. The Kier molecular flexibility index (Phi) is 7.00. The van der Waals surface area contributed by atoms with E-state index in [2.05, 4.69) is 5.32 Å². The van der Waals surface area contributed by atoms with Crippen LogP contribution in [0.2, 0.25) is 0 Å². The zero-order valence-electron chi connectivity index (χ0n) is 15.7. The molecular formula is C21H24N2O5. The van der Waals surface area contributed by atoms with Crippen LogP contribution in [0.1, 0.15) is 11.1 Å². The number of hydrogen-bond acceptors (Lipinski definition) is 5. The normalized spacial score (nSPS) is 18.5. The number of carbonyl (C=O) groups excluding carboxylic acids is 2. The molecule has 1 saturated heterocycles. The molecule has 0 bridgehead atoms. The maximum atomic E-state index is 12.6. The fourth-order valence-electron chi connectivity index (χ4n) is 3.07. The number of nitrogens with zero attached hydrogens (tertiary/aromatic N) is 1. The number of rotatable bonds is 9. The Morgan fingerprint density at radius 2 is 1.68 bits per heavy atom. The zero-order chi connectivity index (χ0) is 19.8. The van der Waals surface area contributed by atoms with Crippen molar-refractivity contribution < 1.29 is 23.8 Å². The van der Waals surface area contributed by atoms with E-state index in [1.807, 2.05) is 60.7 Å². The molecule has 1 N–H and O–H groups in total. The standard InChI is InChI=1S/C21H24N2O5/c1-26-15-27-14-18-19(20(24)23(18)12-16-8-4-2-5-9-16)22-21(25)28-13-17-10-6-3-7-11-17/h2-11,18-19H,12-15H2,1H3,(H,22,25)/t18-,19+/m0/s1. The fraction of sp³-hybridized carbons (Fsp3) is 0.333. The van der Waals surface area contributed by atoms with Crippen LogP contribution in [0.4, 0.5) is 4.79 Å². The third-order valence-corrected chi connectivity index (χ3v) is 4.51. The molecule has 2 aromatic rings. The van der Waals surface area contributed by atoms with Gasteiger partial charge in [-0.2, -0.15) is 0 Å². The number of hydrogen-bond donors (Lipinski definition) is 1. The summed E-state index contributed by atoms with van der Waals surface area (Å²) in [6.45, 7) is 0.981. The predicted octanol–water partition coefficient (Wildman–Crippen LogP) is 2.31. The first-order valence-electron chi connectivity index (χ1n) is 9.07. The lowest BCUT2D eigenvalue weighted by molar-refractivity contribution is -0.159. The van der Waals surface area contributed by atoms with Gasteiger partial charge in [0.05, 0.1) is 12.6 Å². The van der Waals surface area contributed by atoms with Crippen molar-refractivity contribution >= 4 is 12.0 Å². The molecule has 1 aliphatic heterocycles. The van der Waals surface area contributed by atoms with E-state index in [-0.39, 0.29) is 32.0 Å². The van der Waals surface area contributed by atoms with Crippen molar-refractivity contribution in [3.63, 3.8) is 0 Å². The minimum atomic E-state index is -0.677. The smallest absolute Gasteiger partial charge is 0.408 e. The Balaban J connectivity index is 1.56. The highest BCUT2D eigenvalue weighted by atomic mass is 16.7. The summed E-state index contributed by atoms with van der Waals surface area (Å²) in [6, 6.07) is 18.1. The molecule has 1 heterocycles. The lowest BCUT2D eigenvalue weighted by Gasteiger charge is -2.46. The first-order chi connectivity index (χ1) is 13.7. The molecule has 0 spiro atoms. The first-order valence-corrected chi connectivity index (χ1v) is 9.07. The van der Waals surface area contributed by atoms with Crippen molar-refractivity contribution in [2.24, 2.45) is 0 Å². The van der Waals surface area contributed by atoms with E-state index in [0.29, 0.717) is 6.54 Å². The van der Waals surface area contributed by atoms with Gasteiger partial charge in [-0.25, -0.2) is 4.79 Å². The van der Waals surface area contributed by atoms with Crippen LogP contribution >= 0.6 is 0 Å². The molecule has 7 nitrogen and oxygen atoms in total. The van der Waals surface area contributed by atoms with Gasteiger partial charge in [0.15, 0.2) is 0 Å². The van der Waals surface area contributed by atoms with E-state index < -0.39 is 12.1 Å². The van der Waals surface area contributed by atoms with Crippen LogP contribution in [0, 0.1) is 0 Å². The highest BCUT2D eigenvalue weighted by Gasteiger charge is 2.48. The summed E-state index contributed by atoms with van der Waals surface area (Å²) in [5.41, 5.74) is 1.89. The van der Waals surface area contributed by atoms with Gasteiger partial charge in [0.1, 0.15) is 19.4 Å². The van der Waals surface area contributed by atoms with Crippen molar-refractivity contribution in [1.82, 2.24) is 10.2 Å². The van der Waals surface area contributed by atoms with Gasteiger partial charge in [0.25, 0.3) is 0 Å². The van der Waals surface area contributed by atoms with Crippen molar-refractivity contribution in [3.8, 4) is 0 Å². The topological polar surface area (TPSA) is 77.1 Å². The first kappa shape index (κ1) is 19.9. The zero-order valence-corrected chi connectivity index (χ0v) is 15.7. The molecule has 28 heavy (non-hydrogen) atoms. The quantitative estimate of drug-likeness (QED) is 0.408. The summed E-state index contributed by atoms with van der Waals surface area (Å²) in [6.07, 6.45) is -0.627. The molecular weight excluding hydrogens is 360 g/mol. The average Bonchev–Trinajstić information content (AvgIpc) is 2.74. The number of amides is 2. The Bertz CT molecular complexity index is 769. The Morgan fingerprint density at radius 1 is 1.04 bits per heavy atom. The molecule has 0 unspecified atom stereocenters. The molecule has 0 radical (unpaired) electrons. The number of methoxy groups -OCH3 is 1. The van der Waals surface area contributed by atoms with Crippen LogP contribution in [0.15, 0.2) is 60.7 Å². The molecule has 1 aliphatic rings. The van der Waals surface area contributed by atoms with Crippen LogP contribution in [-0.4, -0.2) is 49.5 Å². The number of alkyl carbamates (subject to hydrolysis) is 1. The van der Waals surface area contributed by atoms with Crippen LogP contribution in [0.3, 0.4) is 0 Å². The fourth-order valence-corrected chi connectivity index (χ4v) is 3.07. The van der Waals surface area contributed by atoms with Gasteiger partial charge in [-0.15, -0.1) is 0 Å². The van der Waals surface area contributed by atoms with Crippen LogP contribution in [-0.2, 0) is 32.2 Å². The lowest BCUT2D eigenvalue weighted by Crippen LogP contribution is -2.71. The van der Waals surface area contributed by atoms with E-state index in [1.165, 1.54) is 7.11 Å². The summed E-state index contributed by atoms with van der Waals surface area (Å²) < 4.78 is 15.6. The summed E-state index contributed by atoms with van der Waals surface area (Å²) in [5.74, 6) is -0.161. The van der Waals surface area contributed by atoms with E-state index in [0.717, 1.165) is 11.1 Å². The number of carbonyl (C=O) groups is 2. The number of ether oxygens (including phenoxy) is 3. The molecule has 0 aliphatic carbocycles. The van der Waals surface area contributed by atoms with Gasteiger partial charge >= 0.3 is 6.09 Å². The molecule has 3 rings (SSSR count). The maximum Gasteiger partial charge on any atom is 0.408 e. The number of benzene rings is 2. The second kappa shape index (κ2) is 9.87. The van der Waals surface area contributed by atoms with E-state index in [9.17, 15) is 9.59 Å². The Morgan fingerprint density at radius 3 is 2.32 bits per heavy atom. The second-order valence-electron chi connectivity index (χ2n) is 6.48. The van der Waals surface area contributed by atoms with Gasteiger partial charge in [0, 0.05) is 13.7 Å². The van der Waals surface area contributed by atoms with E-state index >= 15 is 0 Å². The molecule has 148 valence electrons. The van der Waals surface area contributed by atoms with Crippen LogP contribution in [0.25, 0.3) is 0 Å². The summed E-state index contributed by atoms with van der Waals surface area (Å²) in [5, 5.41) is 2.66. The number of nitrogens with one attached hydrogen (secondary N) is 1. The van der Waals surface area contributed by atoms with Crippen molar-refractivity contribution in [2.45, 2.75) is 25.2 Å². The molecule has 0 aromatic heterocycles. The Hall–Kier alpha value is -2.90. The van der Waals surface area contributed by atoms with E-state index in [1.54, 1.807) is 4.90 Å². The minimum absolute atomic E-state index is 0.120. The maximum absolute atomic E-state index is 12.6. The largest absolute Gasteiger partial charge is 0.445 e. The highest BCUT2D eigenvalue weighted by molar-refractivity contribution is 5.92. The van der Waals surface area contributed by atoms with Gasteiger partial charge in [-0.3, -0.25) is 4.79 Å². The lowest BCUT2D eigenvalue weighted by atomic mass is 9.94. The average molecular weight is 384 g/mol. The predicted molar refractivity (Wildman–Crippen MR) is 102 cm³/mol. The van der Waals surface area contributed by atoms with Crippen LogP contribution < -0.4 is 5.32 Å². The van der Waals surface area contributed by atoms with Gasteiger partial charge in [-0.1, -0.05) is 60.7 Å². The second-order valence-corrected chi connectivity index (χ2v) is 6.48. The van der Waals surface area contributed by atoms with Gasteiger partial charge in [-0.05, 0) is 11.1 Å². The molecule has 2 amide bonds. The highest BCUT2D eigenvalue weighted by Crippen LogP contribution is 2.24. The third kappa shape index (κ3) is 5.09.